The van der Waals surface area contributed by atoms with Crippen LogP contribution in [0.2, 0.25) is 0 Å². The van der Waals surface area contributed by atoms with Gasteiger partial charge in [0.1, 0.15) is 5.69 Å². The van der Waals surface area contributed by atoms with Crippen molar-refractivity contribution in [3.8, 4) is 0 Å². The molecule has 1 fully saturated rings. The lowest BCUT2D eigenvalue weighted by atomic mass is 10.0. The van der Waals surface area contributed by atoms with Crippen molar-refractivity contribution in [2.75, 3.05) is 26.2 Å². The molecule has 0 saturated carbocycles. The predicted molar refractivity (Wildman–Crippen MR) is 125 cm³/mol. The second-order valence-electron chi connectivity index (χ2n) is 8.42. The number of carbonyl (C=O) groups excluding carboxylic acids is 2. The molecule has 0 unspecified atom stereocenters. The molecular weight excluding hydrogens is 420 g/mol. The zero-order chi connectivity index (χ0) is 23.2. The van der Waals surface area contributed by atoms with Gasteiger partial charge in [-0.05, 0) is 31.4 Å². The minimum absolute atomic E-state index is 0.0353. The number of amides is 2. The van der Waals surface area contributed by atoms with Gasteiger partial charge in [0.2, 0.25) is 5.91 Å². The minimum Gasteiger partial charge on any atom is -0.342 e. The minimum atomic E-state index is -0.193. The Bertz CT molecular complexity index is 1150. The van der Waals surface area contributed by atoms with Crippen molar-refractivity contribution in [1.29, 1.82) is 0 Å². The summed E-state index contributed by atoms with van der Waals surface area (Å²) in [6.07, 6.45) is 8.04. The van der Waals surface area contributed by atoms with E-state index in [1.165, 1.54) is 18.6 Å². The van der Waals surface area contributed by atoms with Gasteiger partial charge in [-0.25, -0.2) is 9.78 Å². The van der Waals surface area contributed by atoms with Crippen LogP contribution in [0.1, 0.15) is 55.6 Å². The summed E-state index contributed by atoms with van der Waals surface area (Å²) >= 11 is 0. The van der Waals surface area contributed by atoms with E-state index in [-0.39, 0.29) is 30.0 Å². The van der Waals surface area contributed by atoms with Crippen molar-refractivity contribution in [2.45, 2.75) is 45.1 Å². The standard InChI is InChI=1S/C24H30N6O3/c1-2-3-13-29(23(32)20-17-25-11-12-26-20)16-10-22(31)28-14-8-18(9-15-28)30-21-7-5-4-6-19(21)27-24(30)33/h4-7,11-12,17-18H,2-3,8-10,13-16H2,1H3,(H,27,33). The normalized spacial score (nSPS) is 14.5. The summed E-state index contributed by atoms with van der Waals surface area (Å²) in [7, 11) is 0. The molecule has 4 rings (SSSR count). The van der Waals surface area contributed by atoms with E-state index < -0.39 is 0 Å². The number of nitrogens with one attached hydrogen (secondary N) is 1. The predicted octanol–water partition coefficient (Wildman–Crippen LogP) is 2.62. The summed E-state index contributed by atoms with van der Waals surface area (Å²) in [4.78, 5) is 52.7. The van der Waals surface area contributed by atoms with Crippen molar-refractivity contribution >= 4 is 22.8 Å². The van der Waals surface area contributed by atoms with Gasteiger partial charge in [-0.1, -0.05) is 25.5 Å². The van der Waals surface area contributed by atoms with Gasteiger partial charge in [-0.3, -0.25) is 19.1 Å². The highest BCUT2D eigenvalue weighted by Crippen LogP contribution is 2.25. The second-order valence-corrected chi connectivity index (χ2v) is 8.42. The van der Waals surface area contributed by atoms with E-state index in [1.54, 1.807) is 4.90 Å². The van der Waals surface area contributed by atoms with Crippen LogP contribution in [0.4, 0.5) is 0 Å². The lowest BCUT2D eigenvalue weighted by molar-refractivity contribution is -0.132. The van der Waals surface area contributed by atoms with Gasteiger partial charge in [0, 0.05) is 51.0 Å². The average molecular weight is 451 g/mol. The van der Waals surface area contributed by atoms with Crippen LogP contribution in [0.25, 0.3) is 11.0 Å². The molecule has 0 radical (unpaired) electrons. The van der Waals surface area contributed by atoms with E-state index in [2.05, 4.69) is 21.9 Å². The van der Waals surface area contributed by atoms with E-state index >= 15 is 0 Å². The summed E-state index contributed by atoms with van der Waals surface area (Å²) in [5.74, 6) is -0.157. The first-order valence-electron chi connectivity index (χ1n) is 11.6. The lowest BCUT2D eigenvalue weighted by Crippen LogP contribution is -2.42. The van der Waals surface area contributed by atoms with Crippen molar-refractivity contribution in [3.63, 3.8) is 0 Å². The number of likely N-dealkylation sites (tertiary alicyclic amines) is 1. The van der Waals surface area contributed by atoms with Gasteiger partial charge in [-0.2, -0.15) is 0 Å². The molecule has 0 aliphatic carbocycles. The smallest absolute Gasteiger partial charge is 0.326 e. The number of H-pyrrole nitrogens is 1. The number of hydrogen-bond donors (Lipinski definition) is 1. The van der Waals surface area contributed by atoms with Gasteiger partial charge in [-0.15, -0.1) is 0 Å². The first kappa shape index (κ1) is 22.7. The monoisotopic (exact) mass is 450 g/mol. The third-order valence-electron chi connectivity index (χ3n) is 6.25. The Balaban J connectivity index is 1.34. The number of nitrogens with zero attached hydrogens (tertiary/aromatic N) is 5. The fourth-order valence-electron chi connectivity index (χ4n) is 4.43. The average Bonchev–Trinajstić information content (AvgIpc) is 3.19. The van der Waals surface area contributed by atoms with E-state index in [9.17, 15) is 14.4 Å². The Morgan fingerprint density at radius 2 is 1.94 bits per heavy atom. The molecule has 174 valence electrons. The highest BCUT2D eigenvalue weighted by molar-refractivity contribution is 5.92. The zero-order valence-electron chi connectivity index (χ0n) is 18.9. The molecule has 3 aromatic rings. The number of rotatable bonds is 8. The largest absolute Gasteiger partial charge is 0.342 e. The molecule has 33 heavy (non-hydrogen) atoms. The lowest BCUT2D eigenvalue weighted by Gasteiger charge is -2.33. The number of imidazole rings is 1. The molecule has 1 aliphatic heterocycles. The van der Waals surface area contributed by atoms with Crippen LogP contribution in [0.5, 0.6) is 0 Å². The Morgan fingerprint density at radius 3 is 2.67 bits per heavy atom. The third-order valence-corrected chi connectivity index (χ3v) is 6.25. The molecule has 1 N–H and O–H groups in total. The first-order chi connectivity index (χ1) is 16.1. The Hall–Kier alpha value is -3.49. The summed E-state index contributed by atoms with van der Waals surface area (Å²) in [6, 6.07) is 7.75. The van der Waals surface area contributed by atoms with Crippen LogP contribution < -0.4 is 5.69 Å². The molecule has 1 aliphatic rings. The molecule has 0 bridgehead atoms. The number of para-hydroxylation sites is 2. The molecule has 2 aromatic heterocycles. The topological polar surface area (TPSA) is 104 Å². The summed E-state index contributed by atoms with van der Waals surface area (Å²) < 4.78 is 1.82. The Morgan fingerprint density at radius 1 is 1.15 bits per heavy atom. The number of hydrogen-bond acceptors (Lipinski definition) is 5. The number of aromatic nitrogens is 4. The Labute approximate surface area is 192 Å². The number of carbonyl (C=O) groups is 2. The molecule has 3 heterocycles. The fourth-order valence-corrected chi connectivity index (χ4v) is 4.43. The van der Waals surface area contributed by atoms with Crippen molar-refractivity contribution < 1.29 is 9.59 Å². The maximum absolute atomic E-state index is 12.9. The number of aromatic amines is 1. The van der Waals surface area contributed by atoms with Crippen molar-refractivity contribution in [2.24, 2.45) is 0 Å². The van der Waals surface area contributed by atoms with Gasteiger partial charge >= 0.3 is 5.69 Å². The molecule has 0 atom stereocenters. The fraction of sp³-hybridized carbons (Fsp3) is 0.458. The maximum atomic E-state index is 12.9. The molecule has 9 heteroatoms. The molecule has 2 amide bonds. The molecule has 1 saturated heterocycles. The number of unbranched alkanes of at least 4 members (excludes halogenated alkanes) is 1. The van der Waals surface area contributed by atoms with Gasteiger partial charge in [0.05, 0.1) is 17.2 Å². The summed E-state index contributed by atoms with van der Waals surface area (Å²) in [6.45, 7) is 4.21. The first-order valence-corrected chi connectivity index (χ1v) is 11.6. The third kappa shape index (κ3) is 5.13. The Kier molecular flexibility index (Phi) is 7.16. The maximum Gasteiger partial charge on any atom is 0.326 e. The van der Waals surface area contributed by atoms with Crippen LogP contribution >= 0.6 is 0 Å². The van der Waals surface area contributed by atoms with Gasteiger partial charge < -0.3 is 14.8 Å². The zero-order valence-corrected chi connectivity index (χ0v) is 18.9. The number of piperidine rings is 1. The van der Waals surface area contributed by atoms with Gasteiger partial charge in [0.25, 0.3) is 5.91 Å². The summed E-state index contributed by atoms with van der Waals surface area (Å²) in [5.41, 5.74) is 1.93. The SMILES string of the molecule is CCCCN(CCC(=O)N1CCC(n2c(=O)[nH]c3ccccc32)CC1)C(=O)c1cnccn1. The number of benzene rings is 1. The molecular formula is C24H30N6O3. The van der Waals surface area contributed by atoms with Crippen LogP contribution in [-0.2, 0) is 4.79 Å². The van der Waals surface area contributed by atoms with Crippen molar-refractivity contribution in [1.82, 2.24) is 29.3 Å². The van der Waals surface area contributed by atoms with Crippen molar-refractivity contribution in [3.05, 3.63) is 59.0 Å². The van der Waals surface area contributed by atoms with E-state index in [0.29, 0.717) is 31.9 Å². The van der Waals surface area contributed by atoms with Crippen LogP contribution in [0.3, 0.4) is 0 Å². The number of fused-ring (bicyclic) bond motifs is 1. The van der Waals surface area contributed by atoms with Crippen LogP contribution in [0.15, 0.2) is 47.7 Å². The molecule has 0 spiro atoms. The highest BCUT2D eigenvalue weighted by Gasteiger charge is 2.27. The van der Waals surface area contributed by atoms with E-state index in [1.807, 2.05) is 33.7 Å². The quantitative estimate of drug-likeness (QED) is 0.568. The second kappa shape index (κ2) is 10.4. The van der Waals surface area contributed by atoms with Gasteiger partial charge in [0.15, 0.2) is 0 Å². The highest BCUT2D eigenvalue weighted by atomic mass is 16.2. The van der Waals surface area contributed by atoms with E-state index in [4.69, 9.17) is 0 Å². The summed E-state index contributed by atoms with van der Waals surface area (Å²) in [5, 5.41) is 0. The van der Waals surface area contributed by atoms with Crippen LogP contribution in [-0.4, -0.2) is 67.3 Å². The molecule has 1 aromatic carbocycles. The molecule has 9 nitrogen and oxygen atoms in total. The van der Waals surface area contributed by atoms with Crippen LogP contribution in [0, 0.1) is 0 Å². The van der Waals surface area contributed by atoms with E-state index in [0.717, 1.165) is 36.7 Å².